The normalized spacial score (nSPS) is 27.1. The third-order valence-electron chi connectivity index (χ3n) is 5.61. The molecule has 2 rings (SSSR count). The van der Waals surface area contributed by atoms with Crippen molar-refractivity contribution in [2.24, 2.45) is 11.8 Å². The van der Waals surface area contributed by atoms with Gasteiger partial charge in [0.05, 0.1) is 18.8 Å². The van der Waals surface area contributed by atoms with Gasteiger partial charge in [0.15, 0.2) is 0 Å². The summed E-state index contributed by atoms with van der Waals surface area (Å²) < 4.78 is 12.1. The van der Waals surface area contributed by atoms with Crippen molar-refractivity contribution in [3.05, 3.63) is 17.7 Å². The monoisotopic (exact) mass is 362 g/mol. The minimum absolute atomic E-state index is 0.126. The lowest BCUT2D eigenvalue weighted by Gasteiger charge is -2.27. The zero-order chi connectivity index (χ0) is 18.6. The number of allylic oxidation sites excluding steroid dienone is 2. The molecule has 0 aromatic rings. The predicted molar refractivity (Wildman–Crippen MR) is 102 cm³/mol. The van der Waals surface area contributed by atoms with E-state index in [0.29, 0.717) is 30.5 Å². The molecule has 146 valence electrons. The number of hydrogen-bond acceptors (Lipinski definition) is 3. The van der Waals surface area contributed by atoms with Gasteiger partial charge in [-0.25, -0.2) is 0 Å². The summed E-state index contributed by atoms with van der Waals surface area (Å²) in [6.07, 6.45) is 16.7. The highest BCUT2D eigenvalue weighted by Gasteiger charge is 2.48. The molecule has 26 heavy (non-hydrogen) atoms. The molecule has 0 spiro atoms. The maximum Gasteiger partial charge on any atom is 0.323 e. The van der Waals surface area contributed by atoms with Crippen LogP contribution in [0.3, 0.4) is 0 Å². The Morgan fingerprint density at radius 2 is 1.96 bits per heavy atom. The van der Waals surface area contributed by atoms with Crippen molar-refractivity contribution in [1.82, 2.24) is 0 Å². The van der Waals surface area contributed by atoms with Crippen molar-refractivity contribution in [3.8, 4) is 0 Å². The van der Waals surface area contributed by atoms with Crippen molar-refractivity contribution >= 4 is 12.0 Å². The fourth-order valence-corrected chi connectivity index (χ4v) is 4.17. The molecule has 2 aliphatic heterocycles. The van der Waals surface area contributed by atoms with E-state index in [9.17, 15) is 4.79 Å². The number of carbonyl (C=O) groups is 1. The Morgan fingerprint density at radius 1 is 1.15 bits per heavy atom. The van der Waals surface area contributed by atoms with Gasteiger partial charge in [0.1, 0.15) is 0 Å². The van der Waals surface area contributed by atoms with Crippen molar-refractivity contribution in [1.29, 1.82) is 0 Å². The molecule has 0 aliphatic carbocycles. The van der Waals surface area contributed by atoms with Crippen molar-refractivity contribution < 1.29 is 19.1 Å². The van der Waals surface area contributed by atoms with Crippen LogP contribution in [-0.2, 0) is 14.3 Å². The quantitative estimate of drug-likeness (QED) is 0.151. The Kier molecular flexibility index (Phi) is 9.83. The van der Waals surface area contributed by atoms with Crippen LogP contribution in [0.4, 0.5) is 0 Å². The van der Waals surface area contributed by atoms with E-state index in [-0.39, 0.29) is 5.78 Å². The standard InChI is InChI=1S/C21H34N2O3/c1-2-3-4-9-14-25-16-19-18(20-12-13-21(19)26-20)11-8-6-5-7-10-17(24)15-23-22/h6,8,15,18-21H,2-5,7,9-14,16H2,1H3/t18-,19+,20-,21+/m0/s1. The lowest BCUT2D eigenvalue weighted by Crippen LogP contribution is -2.30. The van der Waals surface area contributed by atoms with Crippen LogP contribution in [-0.4, -0.2) is 42.2 Å². The van der Waals surface area contributed by atoms with E-state index in [2.05, 4.69) is 23.9 Å². The Hall–Kier alpha value is -1.29. The Bertz CT molecular complexity index is 499. The van der Waals surface area contributed by atoms with E-state index in [1.165, 1.54) is 38.5 Å². The summed E-state index contributed by atoms with van der Waals surface area (Å²) in [6.45, 7) is 3.94. The highest BCUT2D eigenvalue weighted by atomic mass is 16.5. The first-order valence-electron chi connectivity index (χ1n) is 10.3. The van der Waals surface area contributed by atoms with E-state index in [0.717, 1.165) is 38.7 Å². The molecule has 2 aliphatic rings. The fraction of sp³-hybridized carbons (Fsp3) is 0.810. The van der Waals surface area contributed by atoms with Gasteiger partial charge in [0.2, 0.25) is 5.78 Å². The van der Waals surface area contributed by atoms with Crippen LogP contribution in [0.1, 0.15) is 71.1 Å². The SMILES string of the molecule is CCCCCCOC[C@@H]1[C@H](CC=CCCCC(=O)C=[N+]=[N-])[C@@H]2CC[C@H]1O2. The first kappa shape index (κ1) is 21.0. The molecule has 5 heteroatoms. The van der Waals surface area contributed by atoms with Crippen LogP contribution in [0.25, 0.3) is 5.53 Å². The van der Waals surface area contributed by atoms with Gasteiger partial charge in [-0.15, -0.1) is 0 Å². The highest BCUT2D eigenvalue weighted by molar-refractivity contribution is 6.25. The molecule has 0 amide bonds. The summed E-state index contributed by atoms with van der Waals surface area (Å²) in [6, 6.07) is 0. The van der Waals surface area contributed by atoms with E-state index >= 15 is 0 Å². The van der Waals surface area contributed by atoms with Gasteiger partial charge in [0, 0.05) is 18.9 Å². The summed E-state index contributed by atoms with van der Waals surface area (Å²) in [4.78, 5) is 14.0. The first-order chi connectivity index (χ1) is 12.8. The number of ketones is 1. The number of carbonyl (C=O) groups excluding carboxylic acids is 1. The average Bonchev–Trinajstić information content (AvgIpc) is 3.23. The van der Waals surface area contributed by atoms with Gasteiger partial charge in [0.25, 0.3) is 0 Å². The third kappa shape index (κ3) is 6.79. The molecular weight excluding hydrogens is 328 g/mol. The zero-order valence-electron chi connectivity index (χ0n) is 16.1. The van der Waals surface area contributed by atoms with Gasteiger partial charge in [-0.05, 0) is 44.4 Å². The summed E-state index contributed by atoms with van der Waals surface area (Å²) in [5, 5.41) is 0. The second kappa shape index (κ2) is 12.2. The second-order valence-electron chi connectivity index (χ2n) is 7.56. The molecule has 2 saturated heterocycles. The first-order valence-corrected chi connectivity index (χ1v) is 10.3. The lowest BCUT2D eigenvalue weighted by atomic mass is 9.78. The topological polar surface area (TPSA) is 71.9 Å². The van der Waals surface area contributed by atoms with Crippen LogP contribution in [0.2, 0.25) is 0 Å². The Morgan fingerprint density at radius 3 is 2.73 bits per heavy atom. The van der Waals surface area contributed by atoms with E-state index in [1.807, 2.05) is 0 Å². The van der Waals surface area contributed by atoms with Crippen LogP contribution in [0.15, 0.2) is 12.2 Å². The van der Waals surface area contributed by atoms with Crippen molar-refractivity contribution in [2.75, 3.05) is 13.2 Å². The van der Waals surface area contributed by atoms with E-state index in [1.54, 1.807) is 0 Å². The maximum atomic E-state index is 11.2. The minimum Gasteiger partial charge on any atom is -0.381 e. The fourth-order valence-electron chi connectivity index (χ4n) is 4.17. The molecule has 2 heterocycles. The number of unbranched alkanes of at least 4 members (excludes halogenated alkanes) is 4. The number of ether oxygens (including phenoxy) is 2. The molecule has 4 atom stereocenters. The Labute approximate surface area is 157 Å². The number of rotatable bonds is 14. The summed E-state index contributed by atoms with van der Waals surface area (Å²) in [7, 11) is 0. The largest absolute Gasteiger partial charge is 0.381 e. The van der Waals surface area contributed by atoms with Gasteiger partial charge < -0.3 is 15.0 Å². The van der Waals surface area contributed by atoms with E-state index in [4.69, 9.17) is 15.0 Å². The summed E-state index contributed by atoms with van der Waals surface area (Å²) >= 11 is 0. The maximum absolute atomic E-state index is 11.2. The van der Waals surface area contributed by atoms with E-state index < -0.39 is 0 Å². The molecular formula is C21H34N2O3. The molecule has 2 bridgehead atoms. The van der Waals surface area contributed by atoms with Gasteiger partial charge >= 0.3 is 6.21 Å². The summed E-state index contributed by atoms with van der Waals surface area (Å²) in [5.41, 5.74) is 8.30. The molecule has 0 aromatic heterocycles. The smallest absolute Gasteiger partial charge is 0.323 e. The van der Waals surface area contributed by atoms with Gasteiger partial charge in [-0.2, -0.15) is 4.79 Å². The molecule has 0 N–H and O–H groups in total. The second-order valence-corrected chi connectivity index (χ2v) is 7.56. The molecule has 0 radical (unpaired) electrons. The molecule has 0 saturated carbocycles. The zero-order valence-corrected chi connectivity index (χ0v) is 16.1. The number of hydrogen-bond donors (Lipinski definition) is 0. The highest BCUT2D eigenvalue weighted by Crippen LogP contribution is 2.45. The lowest BCUT2D eigenvalue weighted by molar-refractivity contribution is -0.116. The van der Waals surface area contributed by atoms with Crippen LogP contribution >= 0.6 is 0 Å². The van der Waals surface area contributed by atoms with Crippen LogP contribution < -0.4 is 0 Å². The number of nitrogens with zero attached hydrogens (tertiary/aromatic N) is 2. The number of Topliss-reactive ketones (excluding diaryl/α,β-unsaturated/α-hetero) is 1. The van der Waals surface area contributed by atoms with Crippen molar-refractivity contribution in [3.63, 3.8) is 0 Å². The van der Waals surface area contributed by atoms with Crippen LogP contribution in [0, 0.1) is 11.8 Å². The Balaban J connectivity index is 1.65. The van der Waals surface area contributed by atoms with Crippen LogP contribution in [0.5, 0.6) is 0 Å². The summed E-state index contributed by atoms with van der Waals surface area (Å²) in [5.74, 6) is 0.981. The van der Waals surface area contributed by atoms with Gasteiger partial charge in [-0.1, -0.05) is 38.3 Å². The molecule has 2 fully saturated rings. The van der Waals surface area contributed by atoms with Crippen molar-refractivity contribution in [2.45, 2.75) is 83.3 Å². The predicted octanol–water partition coefficient (Wildman–Crippen LogP) is 4.36. The molecule has 0 unspecified atom stereocenters. The average molecular weight is 363 g/mol. The third-order valence-corrected chi connectivity index (χ3v) is 5.61. The molecule has 0 aromatic carbocycles. The minimum atomic E-state index is -0.126. The number of fused-ring (bicyclic) bond motifs is 2. The molecule has 5 nitrogen and oxygen atoms in total. The van der Waals surface area contributed by atoms with Gasteiger partial charge in [-0.3, -0.25) is 4.79 Å².